The zero-order chi connectivity index (χ0) is 18.8. The Kier molecular flexibility index (Phi) is 4.81. The highest BCUT2D eigenvalue weighted by atomic mass is 32.1. The molecule has 0 radical (unpaired) electrons. The minimum atomic E-state index is -0.520. The molecule has 2 heterocycles. The Labute approximate surface area is 152 Å². The van der Waals surface area contributed by atoms with Crippen LogP contribution in [-0.2, 0) is 14.3 Å². The monoisotopic (exact) mass is 373 g/mol. The first kappa shape index (κ1) is 17.7. The number of rotatable bonds is 4. The normalized spacial score (nSPS) is 13.8. The summed E-state index contributed by atoms with van der Waals surface area (Å²) in [5.74, 6) is -1.55. The number of nitrogens with zero attached hydrogens (tertiary/aromatic N) is 2. The number of carbonyl (C=O) groups is 4. The van der Waals surface area contributed by atoms with Gasteiger partial charge in [-0.1, -0.05) is 17.4 Å². The number of aryl methyl sites for hydroxylation is 1. The number of aromatic nitrogens is 1. The molecule has 0 saturated carbocycles. The predicted molar refractivity (Wildman–Crippen MR) is 94.3 cm³/mol. The fourth-order valence-electron chi connectivity index (χ4n) is 2.55. The van der Waals surface area contributed by atoms with Crippen LogP contribution < -0.4 is 10.2 Å². The van der Waals surface area contributed by atoms with Gasteiger partial charge in [0, 0.05) is 18.4 Å². The maximum Gasteiger partial charge on any atom is 0.350 e. The highest BCUT2D eigenvalue weighted by molar-refractivity contribution is 7.17. The first-order valence-electron chi connectivity index (χ1n) is 7.73. The molecule has 1 fully saturated rings. The lowest BCUT2D eigenvalue weighted by atomic mass is 10.2. The number of benzene rings is 1. The van der Waals surface area contributed by atoms with Crippen molar-refractivity contribution in [2.75, 3.05) is 17.3 Å². The van der Waals surface area contributed by atoms with Gasteiger partial charge in [0.15, 0.2) is 5.13 Å². The van der Waals surface area contributed by atoms with Gasteiger partial charge in [0.2, 0.25) is 11.8 Å². The van der Waals surface area contributed by atoms with E-state index in [1.807, 2.05) is 0 Å². The topological polar surface area (TPSA) is 106 Å². The van der Waals surface area contributed by atoms with Crippen molar-refractivity contribution in [1.29, 1.82) is 0 Å². The van der Waals surface area contributed by atoms with Gasteiger partial charge in [-0.05, 0) is 25.1 Å². The van der Waals surface area contributed by atoms with Gasteiger partial charge in [-0.15, -0.1) is 0 Å². The third-order valence-corrected chi connectivity index (χ3v) is 4.86. The van der Waals surface area contributed by atoms with E-state index in [1.165, 1.54) is 13.2 Å². The highest BCUT2D eigenvalue weighted by Gasteiger charge is 2.30. The number of esters is 1. The van der Waals surface area contributed by atoms with Gasteiger partial charge < -0.3 is 4.74 Å². The van der Waals surface area contributed by atoms with Crippen LogP contribution in [0.25, 0.3) is 0 Å². The maximum absolute atomic E-state index is 12.5. The molecule has 9 heteroatoms. The Bertz CT molecular complexity index is 905. The molecule has 1 N–H and O–H groups in total. The van der Waals surface area contributed by atoms with E-state index in [9.17, 15) is 19.2 Å². The second-order valence-electron chi connectivity index (χ2n) is 5.55. The van der Waals surface area contributed by atoms with Gasteiger partial charge in [0.05, 0.1) is 18.5 Å². The van der Waals surface area contributed by atoms with Gasteiger partial charge in [-0.2, -0.15) is 0 Å². The number of carbonyl (C=O) groups excluding carboxylic acids is 4. The molecule has 1 saturated heterocycles. The molecule has 3 amide bonds. The summed E-state index contributed by atoms with van der Waals surface area (Å²) in [6.45, 7) is 1.64. The van der Waals surface area contributed by atoms with Crippen molar-refractivity contribution in [1.82, 2.24) is 4.98 Å². The number of hydrogen-bond donors (Lipinski definition) is 1. The molecule has 0 unspecified atom stereocenters. The molecular formula is C17H15N3O5S. The third kappa shape index (κ3) is 3.33. The standard InChI is InChI=1S/C17H15N3O5S/c1-9-14(16(24)25-2)26-17(18-9)19-15(23)10-4-3-5-11(8-10)20-12(21)6-7-13(20)22/h3-5,8H,6-7H2,1-2H3,(H,18,19,23). The zero-order valence-corrected chi connectivity index (χ0v) is 14.9. The van der Waals surface area contributed by atoms with Crippen LogP contribution in [0.4, 0.5) is 10.8 Å². The molecule has 0 bridgehead atoms. The molecule has 0 atom stereocenters. The number of nitrogens with one attached hydrogen (secondary N) is 1. The lowest BCUT2D eigenvalue weighted by Crippen LogP contribution is -2.28. The highest BCUT2D eigenvalue weighted by Crippen LogP contribution is 2.26. The summed E-state index contributed by atoms with van der Waals surface area (Å²) in [5.41, 5.74) is 1.08. The van der Waals surface area contributed by atoms with E-state index in [0.717, 1.165) is 16.2 Å². The second-order valence-corrected chi connectivity index (χ2v) is 6.55. The van der Waals surface area contributed by atoms with Crippen LogP contribution in [0.5, 0.6) is 0 Å². The summed E-state index contributed by atoms with van der Waals surface area (Å²) < 4.78 is 4.66. The average molecular weight is 373 g/mol. The van der Waals surface area contributed by atoms with Crippen molar-refractivity contribution in [2.24, 2.45) is 0 Å². The lowest BCUT2D eigenvalue weighted by molar-refractivity contribution is -0.121. The van der Waals surface area contributed by atoms with Crippen LogP contribution in [0, 0.1) is 6.92 Å². The predicted octanol–water partition coefficient (Wildman–Crippen LogP) is 2.14. The van der Waals surface area contributed by atoms with Crippen molar-refractivity contribution in [2.45, 2.75) is 19.8 Å². The van der Waals surface area contributed by atoms with E-state index in [-0.39, 0.29) is 35.4 Å². The Balaban J connectivity index is 1.81. The molecule has 1 aliphatic heterocycles. The van der Waals surface area contributed by atoms with Gasteiger partial charge >= 0.3 is 5.97 Å². The molecule has 0 aliphatic carbocycles. The number of methoxy groups -OCH3 is 1. The maximum atomic E-state index is 12.5. The molecule has 8 nitrogen and oxygen atoms in total. The number of ether oxygens (including phenoxy) is 1. The fourth-order valence-corrected chi connectivity index (χ4v) is 3.43. The van der Waals surface area contributed by atoms with Crippen LogP contribution >= 0.6 is 11.3 Å². The molecule has 26 heavy (non-hydrogen) atoms. The summed E-state index contributed by atoms with van der Waals surface area (Å²) in [5, 5.41) is 2.87. The van der Waals surface area contributed by atoms with E-state index in [1.54, 1.807) is 25.1 Å². The second kappa shape index (κ2) is 7.04. The molecule has 1 aliphatic rings. The first-order valence-corrected chi connectivity index (χ1v) is 8.55. The number of amides is 3. The van der Waals surface area contributed by atoms with Gasteiger partial charge in [-0.3, -0.25) is 24.6 Å². The quantitative estimate of drug-likeness (QED) is 0.650. The van der Waals surface area contributed by atoms with Crippen LogP contribution in [0.1, 0.15) is 38.6 Å². The SMILES string of the molecule is COC(=O)c1sc(NC(=O)c2cccc(N3C(=O)CCC3=O)c2)nc1C. The molecule has 3 rings (SSSR count). The Morgan fingerprint density at radius 3 is 2.58 bits per heavy atom. The zero-order valence-electron chi connectivity index (χ0n) is 14.1. The molecule has 1 aromatic heterocycles. The molecule has 134 valence electrons. The summed E-state index contributed by atoms with van der Waals surface area (Å²) in [4.78, 5) is 53.3. The van der Waals surface area contributed by atoms with Crippen LogP contribution in [0.3, 0.4) is 0 Å². The van der Waals surface area contributed by atoms with Crippen molar-refractivity contribution in [3.05, 3.63) is 40.4 Å². The van der Waals surface area contributed by atoms with E-state index in [4.69, 9.17) is 0 Å². The summed E-state index contributed by atoms with van der Waals surface area (Å²) in [7, 11) is 1.27. The largest absolute Gasteiger partial charge is 0.465 e. The number of thiazole rings is 1. The number of imide groups is 1. The smallest absolute Gasteiger partial charge is 0.350 e. The van der Waals surface area contributed by atoms with E-state index in [2.05, 4.69) is 15.0 Å². The summed E-state index contributed by atoms with van der Waals surface area (Å²) in [6, 6.07) is 6.22. The fraction of sp³-hybridized carbons (Fsp3) is 0.235. The van der Waals surface area contributed by atoms with Gasteiger partial charge in [0.25, 0.3) is 5.91 Å². The molecule has 0 spiro atoms. The molecular weight excluding hydrogens is 358 g/mol. The van der Waals surface area contributed by atoms with Gasteiger partial charge in [0.1, 0.15) is 4.88 Å². The van der Waals surface area contributed by atoms with Gasteiger partial charge in [-0.25, -0.2) is 9.78 Å². The summed E-state index contributed by atoms with van der Waals surface area (Å²) >= 11 is 1.01. The Hall–Kier alpha value is -3.07. The number of anilines is 2. The molecule has 1 aromatic carbocycles. The third-order valence-electron chi connectivity index (χ3n) is 3.81. The van der Waals surface area contributed by atoms with Crippen molar-refractivity contribution in [3.8, 4) is 0 Å². The van der Waals surface area contributed by atoms with Crippen molar-refractivity contribution in [3.63, 3.8) is 0 Å². The summed E-state index contributed by atoms with van der Waals surface area (Å²) in [6.07, 6.45) is 0.341. The Morgan fingerprint density at radius 1 is 1.23 bits per heavy atom. The van der Waals surface area contributed by atoms with E-state index < -0.39 is 11.9 Å². The minimum Gasteiger partial charge on any atom is -0.465 e. The lowest BCUT2D eigenvalue weighted by Gasteiger charge is -2.14. The van der Waals surface area contributed by atoms with Crippen molar-refractivity contribution >= 4 is 45.8 Å². The van der Waals surface area contributed by atoms with Crippen LogP contribution in [-0.4, -0.2) is 35.8 Å². The number of hydrogen-bond acceptors (Lipinski definition) is 7. The van der Waals surface area contributed by atoms with E-state index in [0.29, 0.717) is 16.3 Å². The van der Waals surface area contributed by atoms with Crippen LogP contribution in [0.15, 0.2) is 24.3 Å². The Morgan fingerprint density at radius 2 is 1.92 bits per heavy atom. The van der Waals surface area contributed by atoms with E-state index >= 15 is 0 Å². The first-order chi connectivity index (χ1) is 12.4. The average Bonchev–Trinajstić information content (AvgIpc) is 3.16. The van der Waals surface area contributed by atoms with Crippen molar-refractivity contribution < 1.29 is 23.9 Å². The minimum absolute atomic E-state index is 0.171. The van der Waals surface area contributed by atoms with Crippen LogP contribution in [0.2, 0.25) is 0 Å². The molecule has 2 aromatic rings.